The normalized spacial score (nSPS) is 26.8. The number of halogens is 1. The molecule has 1 aromatic rings. The molecule has 2 aliphatic carbocycles. The summed E-state index contributed by atoms with van der Waals surface area (Å²) in [5.74, 6) is 1.08. The average Bonchev–Trinajstić information content (AvgIpc) is 2.91. The van der Waals surface area contributed by atoms with Gasteiger partial charge in [-0.05, 0) is 31.1 Å². The molecular formula is C12H18ClN3O2S. The van der Waals surface area contributed by atoms with Crippen LogP contribution in [0.1, 0.15) is 63.7 Å². The zero-order chi connectivity index (χ0) is 13.8. The largest absolute Gasteiger partial charge is 0.297 e. The fraction of sp³-hybridized carbons (Fsp3) is 0.833. The van der Waals surface area contributed by atoms with Crippen LogP contribution in [-0.4, -0.2) is 23.2 Å². The molecule has 7 heteroatoms. The van der Waals surface area contributed by atoms with Crippen LogP contribution in [0.25, 0.3) is 0 Å². The van der Waals surface area contributed by atoms with Gasteiger partial charge in [-0.1, -0.05) is 20.3 Å². The molecule has 1 unspecified atom stereocenters. The Bertz CT molecular complexity index is 604. The van der Waals surface area contributed by atoms with Crippen molar-refractivity contribution in [3.63, 3.8) is 0 Å². The van der Waals surface area contributed by atoms with Crippen molar-refractivity contribution in [3.8, 4) is 0 Å². The highest BCUT2D eigenvalue weighted by Gasteiger charge is 2.42. The molecule has 2 saturated carbocycles. The number of hydrogen-bond acceptors (Lipinski definition) is 4. The first kappa shape index (κ1) is 13.4. The minimum absolute atomic E-state index is 0.0747. The van der Waals surface area contributed by atoms with Gasteiger partial charge in [-0.25, -0.2) is 8.42 Å². The first-order valence-corrected chi connectivity index (χ1v) is 9.01. The Labute approximate surface area is 117 Å². The molecule has 0 radical (unpaired) electrons. The van der Waals surface area contributed by atoms with Crippen molar-refractivity contribution in [1.29, 1.82) is 0 Å². The van der Waals surface area contributed by atoms with Crippen molar-refractivity contribution in [2.24, 2.45) is 5.41 Å². The van der Waals surface area contributed by atoms with Gasteiger partial charge in [-0.2, -0.15) is 0 Å². The molecule has 0 saturated heterocycles. The lowest BCUT2D eigenvalue weighted by Crippen LogP contribution is -2.20. The highest BCUT2D eigenvalue weighted by atomic mass is 35.7. The van der Waals surface area contributed by atoms with E-state index in [9.17, 15) is 8.42 Å². The lowest BCUT2D eigenvalue weighted by molar-refractivity contribution is 0.313. The maximum Gasteiger partial charge on any atom is 0.296 e. The molecule has 0 aliphatic heterocycles. The highest BCUT2D eigenvalue weighted by molar-refractivity contribution is 8.13. The third-order valence-corrected chi connectivity index (χ3v) is 5.52. The maximum absolute atomic E-state index is 11.6. The van der Waals surface area contributed by atoms with E-state index >= 15 is 0 Å². The van der Waals surface area contributed by atoms with Gasteiger partial charge in [0.2, 0.25) is 0 Å². The second-order valence-corrected chi connectivity index (χ2v) is 8.77. The molecule has 0 amide bonds. The number of nitrogens with zero attached hydrogens (tertiary/aromatic N) is 3. The van der Waals surface area contributed by atoms with Gasteiger partial charge in [0.15, 0.2) is 0 Å². The van der Waals surface area contributed by atoms with Crippen LogP contribution in [0.4, 0.5) is 0 Å². The van der Waals surface area contributed by atoms with E-state index in [1.54, 1.807) is 4.57 Å². The summed E-state index contributed by atoms with van der Waals surface area (Å²) in [4.78, 5) is 0. The molecule has 0 bridgehead atoms. The van der Waals surface area contributed by atoms with Gasteiger partial charge in [-0.15, -0.1) is 10.2 Å². The van der Waals surface area contributed by atoms with Gasteiger partial charge in [0.05, 0.1) is 0 Å². The molecule has 5 nitrogen and oxygen atoms in total. The van der Waals surface area contributed by atoms with Crippen molar-refractivity contribution in [3.05, 3.63) is 5.82 Å². The zero-order valence-corrected chi connectivity index (χ0v) is 12.7. The van der Waals surface area contributed by atoms with E-state index in [-0.39, 0.29) is 22.5 Å². The second kappa shape index (κ2) is 4.19. The Morgan fingerprint density at radius 3 is 2.42 bits per heavy atom. The summed E-state index contributed by atoms with van der Waals surface area (Å²) in [6, 6.07) is 0.213. The molecule has 1 heterocycles. The van der Waals surface area contributed by atoms with Gasteiger partial charge in [0.25, 0.3) is 14.2 Å². The van der Waals surface area contributed by atoms with E-state index in [0.717, 1.165) is 37.9 Å². The molecule has 0 N–H and O–H groups in total. The SMILES string of the molecule is CC1(C)CCCC1c1nnc(S(=O)(=O)Cl)n1C1CC1. The predicted octanol–water partition coefficient (Wildman–Crippen LogP) is 2.83. The minimum Gasteiger partial charge on any atom is -0.297 e. The van der Waals surface area contributed by atoms with Crippen LogP contribution in [0.2, 0.25) is 0 Å². The van der Waals surface area contributed by atoms with Crippen molar-refractivity contribution in [1.82, 2.24) is 14.8 Å². The first-order valence-electron chi connectivity index (χ1n) is 6.70. The van der Waals surface area contributed by atoms with E-state index in [2.05, 4.69) is 24.0 Å². The second-order valence-electron chi connectivity index (χ2n) is 6.31. The summed E-state index contributed by atoms with van der Waals surface area (Å²) in [6.07, 6.45) is 5.30. The van der Waals surface area contributed by atoms with E-state index in [1.807, 2.05) is 0 Å². The van der Waals surface area contributed by atoms with Gasteiger partial charge >= 0.3 is 0 Å². The van der Waals surface area contributed by atoms with E-state index in [0.29, 0.717) is 0 Å². The van der Waals surface area contributed by atoms with E-state index < -0.39 is 9.05 Å². The van der Waals surface area contributed by atoms with E-state index in [4.69, 9.17) is 10.7 Å². The highest BCUT2D eigenvalue weighted by Crippen LogP contribution is 2.50. The molecule has 1 aromatic heterocycles. The molecule has 19 heavy (non-hydrogen) atoms. The topological polar surface area (TPSA) is 64.8 Å². The van der Waals surface area contributed by atoms with E-state index in [1.165, 1.54) is 0 Å². The smallest absolute Gasteiger partial charge is 0.296 e. The number of aromatic nitrogens is 3. The molecule has 2 fully saturated rings. The quantitative estimate of drug-likeness (QED) is 0.805. The molecule has 106 valence electrons. The van der Waals surface area contributed by atoms with Crippen LogP contribution < -0.4 is 0 Å². The van der Waals surface area contributed by atoms with Crippen LogP contribution in [0.15, 0.2) is 5.16 Å². The van der Waals surface area contributed by atoms with Crippen molar-refractivity contribution in [2.45, 2.75) is 63.1 Å². The fourth-order valence-electron chi connectivity index (χ4n) is 3.17. The third kappa shape index (κ3) is 2.29. The molecule has 0 spiro atoms. The van der Waals surface area contributed by atoms with Crippen LogP contribution in [0, 0.1) is 5.41 Å². The summed E-state index contributed by atoms with van der Waals surface area (Å²) < 4.78 is 25.0. The Morgan fingerprint density at radius 2 is 1.95 bits per heavy atom. The average molecular weight is 304 g/mol. The first-order chi connectivity index (χ1) is 8.81. The molecule has 2 aliphatic rings. The predicted molar refractivity (Wildman–Crippen MR) is 71.7 cm³/mol. The number of rotatable bonds is 3. The van der Waals surface area contributed by atoms with Crippen LogP contribution in [0.3, 0.4) is 0 Å². The van der Waals surface area contributed by atoms with Crippen LogP contribution in [-0.2, 0) is 9.05 Å². The molecule has 1 atom stereocenters. The third-order valence-electron chi connectivity index (χ3n) is 4.39. The monoisotopic (exact) mass is 303 g/mol. The lowest BCUT2D eigenvalue weighted by atomic mass is 9.81. The van der Waals surface area contributed by atoms with Crippen molar-refractivity contribution < 1.29 is 8.42 Å². The van der Waals surface area contributed by atoms with Gasteiger partial charge in [0.1, 0.15) is 5.82 Å². The fourth-order valence-corrected chi connectivity index (χ4v) is 4.11. The summed E-state index contributed by atoms with van der Waals surface area (Å²) in [5, 5.41) is 7.95. The minimum atomic E-state index is -3.82. The summed E-state index contributed by atoms with van der Waals surface area (Å²) in [5.41, 5.74) is 0.146. The van der Waals surface area contributed by atoms with Crippen molar-refractivity contribution >= 4 is 19.7 Å². The number of hydrogen-bond donors (Lipinski definition) is 0. The van der Waals surface area contributed by atoms with Crippen molar-refractivity contribution in [2.75, 3.05) is 0 Å². The van der Waals surface area contributed by atoms with Gasteiger partial charge in [0, 0.05) is 22.6 Å². The lowest BCUT2D eigenvalue weighted by Gasteiger charge is -2.26. The summed E-state index contributed by atoms with van der Waals surface area (Å²) in [6.45, 7) is 4.43. The molecule has 3 rings (SSSR count). The molecule has 0 aromatic carbocycles. The van der Waals surface area contributed by atoms with Gasteiger partial charge in [-0.3, -0.25) is 4.57 Å². The zero-order valence-electron chi connectivity index (χ0n) is 11.1. The Balaban J connectivity index is 2.10. The molecular weight excluding hydrogens is 286 g/mol. The summed E-state index contributed by atoms with van der Waals surface area (Å²) in [7, 11) is 1.65. The van der Waals surface area contributed by atoms with Crippen LogP contribution >= 0.6 is 10.7 Å². The maximum atomic E-state index is 11.6. The van der Waals surface area contributed by atoms with Gasteiger partial charge < -0.3 is 0 Å². The Kier molecular flexibility index (Phi) is 2.94. The standard InChI is InChI=1S/C12H18ClN3O2S/c1-12(2)7-3-4-9(12)10-14-15-11(19(13,17)18)16(10)8-5-6-8/h8-9H,3-7H2,1-2H3. The Hall–Kier alpha value is -0.620. The summed E-state index contributed by atoms with van der Waals surface area (Å²) >= 11 is 0. The Morgan fingerprint density at radius 1 is 1.26 bits per heavy atom. The van der Waals surface area contributed by atoms with Crippen LogP contribution in [0.5, 0.6) is 0 Å².